The number of imidazole rings is 1. The second-order valence-corrected chi connectivity index (χ2v) is 4.95. The van der Waals surface area contributed by atoms with Gasteiger partial charge in [-0.15, -0.1) is 0 Å². The number of hydrogen-bond donors (Lipinski definition) is 1. The molecule has 3 heteroatoms. The summed E-state index contributed by atoms with van der Waals surface area (Å²) in [6, 6.07) is 6.55. The summed E-state index contributed by atoms with van der Waals surface area (Å²) >= 11 is 3.48. The molecule has 0 bridgehead atoms. The second-order valence-electron chi connectivity index (χ2n) is 4.20. The maximum absolute atomic E-state index is 4.32. The number of hydrogen-bond acceptors (Lipinski definition) is 1. The fourth-order valence-electron chi connectivity index (χ4n) is 1.81. The normalized spacial score (nSPS) is 10.8. The van der Waals surface area contributed by atoms with Gasteiger partial charge in [-0.25, -0.2) is 4.98 Å². The molecule has 0 aliphatic carbocycles. The molecule has 1 heterocycles. The van der Waals surface area contributed by atoms with E-state index in [-0.39, 0.29) is 0 Å². The van der Waals surface area contributed by atoms with Crippen molar-refractivity contribution in [3.63, 3.8) is 0 Å². The Morgan fingerprint density at radius 3 is 2.62 bits per heavy atom. The van der Waals surface area contributed by atoms with Crippen molar-refractivity contribution in [2.75, 3.05) is 0 Å². The van der Waals surface area contributed by atoms with Crippen LogP contribution in [0, 0.1) is 20.8 Å². The molecule has 2 aromatic rings. The van der Waals surface area contributed by atoms with Gasteiger partial charge in [-0.3, -0.25) is 0 Å². The Bertz CT molecular complexity index is 515. The van der Waals surface area contributed by atoms with Crippen molar-refractivity contribution in [2.24, 2.45) is 0 Å². The van der Waals surface area contributed by atoms with E-state index in [0.717, 1.165) is 22.5 Å². The van der Waals surface area contributed by atoms with Crippen molar-refractivity contribution in [1.82, 2.24) is 9.97 Å². The van der Waals surface area contributed by atoms with Crippen molar-refractivity contribution in [3.8, 4) is 0 Å². The molecular weight excluding hydrogens is 264 g/mol. The molecule has 1 N–H and O–H groups in total. The SMILES string of the molecule is Cc1ccc(C)c(Cc2[nH]c(C)nc2Br)c1. The van der Waals surface area contributed by atoms with Gasteiger partial charge in [0.1, 0.15) is 10.4 Å². The predicted octanol–water partition coefficient (Wildman–Crippen LogP) is 3.69. The fourth-order valence-corrected chi connectivity index (χ4v) is 2.32. The van der Waals surface area contributed by atoms with Crippen LogP contribution in [0.4, 0.5) is 0 Å². The number of H-pyrrole nitrogens is 1. The smallest absolute Gasteiger partial charge is 0.127 e. The van der Waals surface area contributed by atoms with Crippen molar-refractivity contribution in [3.05, 3.63) is 51.0 Å². The minimum atomic E-state index is 0.898. The molecule has 1 aromatic carbocycles. The molecule has 0 saturated carbocycles. The highest BCUT2D eigenvalue weighted by Gasteiger charge is 2.07. The molecule has 1 aromatic heterocycles. The molecule has 2 nitrogen and oxygen atoms in total. The van der Waals surface area contributed by atoms with E-state index in [9.17, 15) is 0 Å². The lowest BCUT2D eigenvalue weighted by molar-refractivity contribution is 1.05. The quantitative estimate of drug-likeness (QED) is 0.892. The van der Waals surface area contributed by atoms with Crippen LogP contribution < -0.4 is 0 Å². The maximum atomic E-state index is 4.32. The summed E-state index contributed by atoms with van der Waals surface area (Å²) in [5, 5.41) is 0. The number of rotatable bonds is 2. The first kappa shape index (κ1) is 11.4. The summed E-state index contributed by atoms with van der Waals surface area (Å²) in [6.07, 6.45) is 0.898. The molecule has 0 aliphatic heterocycles. The molecule has 0 unspecified atom stereocenters. The van der Waals surface area contributed by atoms with Gasteiger partial charge in [-0.1, -0.05) is 23.8 Å². The Morgan fingerprint density at radius 2 is 2.00 bits per heavy atom. The van der Waals surface area contributed by atoms with E-state index in [0.29, 0.717) is 0 Å². The Morgan fingerprint density at radius 1 is 1.25 bits per heavy atom. The van der Waals surface area contributed by atoms with Gasteiger partial charge in [0.15, 0.2) is 0 Å². The Balaban J connectivity index is 2.33. The van der Waals surface area contributed by atoms with Gasteiger partial charge in [0.2, 0.25) is 0 Å². The number of nitrogens with zero attached hydrogens (tertiary/aromatic N) is 1. The maximum Gasteiger partial charge on any atom is 0.127 e. The monoisotopic (exact) mass is 278 g/mol. The highest BCUT2D eigenvalue weighted by Crippen LogP contribution is 2.20. The molecule has 0 saturated heterocycles. The van der Waals surface area contributed by atoms with E-state index in [4.69, 9.17) is 0 Å². The molecule has 2 rings (SSSR count). The van der Waals surface area contributed by atoms with E-state index in [2.05, 4.69) is 57.9 Å². The molecule has 0 amide bonds. The fraction of sp³-hybridized carbons (Fsp3) is 0.308. The molecule has 84 valence electrons. The highest BCUT2D eigenvalue weighted by molar-refractivity contribution is 9.10. The zero-order valence-corrected chi connectivity index (χ0v) is 11.4. The highest BCUT2D eigenvalue weighted by atomic mass is 79.9. The van der Waals surface area contributed by atoms with Crippen LogP contribution in [0.2, 0.25) is 0 Å². The van der Waals surface area contributed by atoms with Crippen LogP contribution in [0.1, 0.15) is 28.2 Å². The van der Waals surface area contributed by atoms with Gasteiger partial charge >= 0.3 is 0 Å². The van der Waals surface area contributed by atoms with E-state index >= 15 is 0 Å². The third kappa shape index (κ3) is 2.35. The topological polar surface area (TPSA) is 28.7 Å². The third-order valence-corrected chi connectivity index (χ3v) is 3.37. The van der Waals surface area contributed by atoms with Crippen LogP contribution in [0.3, 0.4) is 0 Å². The standard InChI is InChI=1S/C13H15BrN2/c1-8-4-5-9(2)11(6-8)7-12-13(14)16-10(3)15-12/h4-6H,7H2,1-3H3,(H,15,16). The number of aromatic nitrogens is 2. The second kappa shape index (κ2) is 4.42. The van der Waals surface area contributed by atoms with Crippen LogP contribution in [0.25, 0.3) is 0 Å². The summed E-state index contributed by atoms with van der Waals surface area (Å²) in [7, 11) is 0. The Hall–Kier alpha value is -1.09. The first-order chi connectivity index (χ1) is 7.56. The molecule has 0 atom stereocenters. The number of benzene rings is 1. The van der Waals surface area contributed by atoms with Crippen molar-refractivity contribution in [1.29, 1.82) is 0 Å². The summed E-state index contributed by atoms with van der Waals surface area (Å²) in [4.78, 5) is 7.60. The van der Waals surface area contributed by atoms with Crippen LogP contribution in [0.15, 0.2) is 22.8 Å². The van der Waals surface area contributed by atoms with Gasteiger partial charge < -0.3 is 4.98 Å². The lowest BCUT2D eigenvalue weighted by Gasteiger charge is -2.06. The number of aryl methyl sites for hydroxylation is 3. The number of halogens is 1. The summed E-state index contributed by atoms with van der Waals surface area (Å²) < 4.78 is 0.922. The minimum Gasteiger partial charge on any atom is -0.345 e. The largest absolute Gasteiger partial charge is 0.345 e. The molecule has 0 fully saturated rings. The third-order valence-electron chi connectivity index (χ3n) is 2.72. The zero-order chi connectivity index (χ0) is 11.7. The van der Waals surface area contributed by atoms with Gasteiger partial charge in [-0.05, 0) is 47.8 Å². The van der Waals surface area contributed by atoms with E-state index in [1.54, 1.807) is 0 Å². The lowest BCUT2D eigenvalue weighted by atomic mass is 10.0. The zero-order valence-electron chi connectivity index (χ0n) is 9.76. The average molecular weight is 279 g/mol. The predicted molar refractivity (Wildman–Crippen MR) is 69.7 cm³/mol. The number of nitrogens with one attached hydrogen (secondary N) is 1. The molecule has 0 spiro atoms. The summed E-state index contributed by atoms with van der Waals surface area (Å²) in [5.74, 6) is 0.951. The molecule has 0 radical (unpaired) electrons. The van der Waals surface area contributed by atoms with E-state index in [1.165, 1.54) is 16.7 Å². The van der Waals surface area contributed by atoms with Crippen LogP contribution >= 0.6 is 15.9 Å². The molecular formula is C13H15BrN2. The van der Waals surface area contributed by atoms with Crippen LogP contribution in [0.5, 0.6) is 0 Å². The Labute approximate surface area is 104 Å². The Kier molecular flexibility index (Phi) is 3.15. The van der Waals surface area contributed by atoms with Crippen molar-refractivity contribution in [2.45, 2.75) is 27.2 Å². The molecule has 0 aliphatic rings. The van der Waals surface area contributed by atoms with Gasteiger partial charge in [-0.2, -0.15) is 0 Å². The summed E-state index contributed by atoms with van der Waals surface area (Å²) in [5.41, 5.74) is 5.12. The first-order valence-corrected chi connectivity index (χ1v) is 6.12. The lowest BCUT2D eigenvalue weighted by Crippen LogP contribution is -1.94. The van der Waals surface area contributed by atoms with Crippen LogP contribution in [-0.4, -0.2) is 9.97 Å². The average Bonchev–Trinajstić information content (AvgIpc) is 2.51. The van der Waals surface area contributed by atoms with Gasteiger partial charge in [0.25, 0.3) is 0 Å². The van der Waals surface area contributed by atoms with E-state index < -0.39 is 0 Å². The summed E-state index contributed by atoms with van der Waals surface area (Å²) in [6.45, 7) is 6.24. The van der Waals surface area contributed by atoms with Gasteiger partial charge in [0.05, 0.1) is 5.69 Å². The van der Waals surface area contributed by atoms with Crippen molar-refractivity contribution >= 4 is 15.9 Å². The number of aromatic amines is 1. The van der Waals surface area contributed by atoms with Crippen LogP contribution in [-0.2, 0) is 6.42 Å². The molecule has 16 heavy (non-hydrogen) atoms. The first-order valence-electron chi connectivity index (χ1n) is 5.33. The van der Waals surface area contributed by atoms with Gasteiger partial charge in [0, 0.05) is 6.42 Å². The van der Waals surface area contributed by atoms with E-state index in [1.807, 2.05) is 6.92 Å². The van der Waals surface area contributed by atoms with Crippen molar-refractivity contribution < 1.29 is 0 Å². The minimum absolute atomic E-state index is 0.898.